The van der Waals surface area contributed by atoms with Crippen molar-refractivity contribution in [3.8, 4) is 5.75 Å². The summed E-state index contributed by atoms with van der Waals surface area (Å²) in [6, 6.07) is 16.1. The number of primary amides is 1. The first kappa shape index (κ1) is 22.5. The van der Waals surface area contributed by atoms with E-state index in [4.69, 9.17) is 16.2 Å². The van der Waals surface area contributed by atoms with E-state index in [2.05, 4.69) is 26.7 Å². The minimum Gasteiger partial charge on any atom is -0.497 e. The third kappa shape index (κ3) is 5.78. The SMILES string of the molecule is COc1ccc(Cc2cccc(Nc3nc(NC4CCCCC4N)ncc3C(N)=O)c2)cc1. The van der Waals surface area contributed by atoms with E-state index in [1.165, 1.54) is 11.8 Å². The van der Waals surface area contributed by atoms with Gasteiger partial charge in [0.15, 0.2) is 0 Å². The summed E-state index contributed by atoms with van der Waals surface area (Å²) < 4.78 is 5.23. The average Bonchev–Trinajstić information content (AvgIpc) is 2.81. The highest BCUT2D eigenvalue weighted by Crippen LogP contribution is 2.24. The third-order valence-electron chi connectivity index (χ3n) is 5.95. The number of benzene rings is 2. The van der Waals surface area contributed by atoms with Crippen LogP contribution in [-0.2, 0) is 6.42 Å². The summed E-state index contributed by atoms with van der Waals surface area (Å²) in [5.74, 6) is 1.04. The lowest BCUT2D eigenvalue weighted by Gasteiger charge is -2.29. The molecule has 0 spiro atoms. The van der Waals surface area contributed by atoms with Gasteiger partial charge in [-0.1, -0.05) is 37.1 Å². The summed E-state index contributed by atoms with van der Waals surface area (Å²) >= 11 is 0. The van der Waals surface area contributed by atoms with Crippen LogP contribution in [0, 0.1) is 0 Å². The molecule has 33 heavy (non-hydrogen) atoms. The van der Waals surface area contributed by atoms with Crippen molar-refractivity contribution in [2.75, 3.05) is 17.7 Å². The standard InChI is InChI=1S/C25H30N6O2/c1-33-19-11-9-16(10-12-19)13-17-5-4-6-18(14-17)29-24-20(23(27)32)15-28-25(31-24)30-22-8-3-2-7-21(22)26/h4-6,9-12,14-15,21-22H,2-3,7-8,13,26H2,1H3,(H2,27,32)(H2,28,29,30,31). The molecule has 1 heterocycles. The predicted molar refractivity (Wildman–Crippen MR) is 130 cm³/mol. The molecule has 0 radical (unpaired) electrons. The normalized spacial score (nSPS) is 17.9. The summed E-state index contributed by atoms with van der Waals surface area (Å²) in [6.45, 7) is 0. The number of aromatic nitrogens is 2. The number of nitrogens with two attached hydrogens (primary N) is 2. The number of nitrogens with zero attached hydrogens (tertiary/aromatic N) is 2. The van der Waals surface area contributed by atoms with Crippen LogP contribution >= 0.6 is 0 Å². The van der Waals surface area contributed by atoms with Crippen LogP contribution in [0.25, 0.3) is 0 Å². The zero-order valence-corrected chi connectivity index (χ0v) is 18.8. The molecule has 0 aliphatic heterocycles. The number of carbonyl (C=O) groups is 1. The lowest BCUT2D eigenvalue weighted by molar-refractivity contribution is 0.100. The van der Waals surface area contributed by atoms with Crippen LogP contribution in [0.3, 0.4) is 0 Å². The number of nitrogens with one attached hydrogen (secondary N) is 2. The van der Waals surface area contributed by atoms with Gasteiger partial charge in [0.2, 0.25) is 5.95 Å². The van der Waals surface area contributed by atoms with E-state index in [0.717, 1.165) is 49.1 Å². The van der Waals surface area contributed by atoms with Crippen molar-refractivity contribution in [1.29, 1.82) is 0 Å². The molecule has 8 heteroatoms. The number of methoxy groups -OCH3 is 1. The Morgan fingerprint density at radius 3 is 2.64 bits per heavy atom. The summed E-state index contributed by atoms with van der Waals surface area (Å²) in [5.41, 5.74) is 15.1. The van der Waals surface area contributed by atoms with Crippen molar-refractivity contribution >= 4 is 23.4 Å². The lowest BCUT2D eigenvalue weighted by atomic mass is 9.91. The highest BCUT2D eigenvalue weighted by atomic mass is 16.5. The largest absolute Gasteiger partial charge is 0.497 e. The second-order valence-electron chi connectivity index (χ2n) is 8.37. The second-order valence-corrected chi connectivity index (χ2v) is 8.37. The van der Waals surface area contributed by atoms with Gasteiger partial charge in [0, 0.05) is 24.0 Å². The fourth-order valence-electron chi connectivity index (χ4n) is 4.11. The Kier molecular flexibility index (Phi) is 7.04. The van der Waals surface area contributed by atoms with Gasteiger partial charge in [0.25, 0.3) is 5.91 Å². The summed E-state index contributed by atoms with van der Waals surface area (Å²) in [4.78, 5) is 20.8. The number of anilines is 3. The second kappa shape index (κ2) is 10.3. The quantitative estimate of drug-likeness (QED) is 0.416. The van der Waals surface area contributed by atoms with Crippen LogP contribution in [0.2, 0.25) is 0 Å². The number of ether oxygens (including phenoxy) is 1. The highest BCUT2D eigenvalue weighted by Gasteiger charge is 2.23. The van der Waals surface area contributed by atoms with Gasteiger partial charge in [-0.2, -0.15) is 4.98 Å². The summed E-state index contributed by atoms with van der Waals surface area (Å²) in [5, 5.41) is 6.57. The van der Waals surface area contributed by atoms with Crippen LogP contribution in [0.15, 0.2) is 54.7 Å². The number of amides is 1. The maximum atomic E-state index is 12.0. The van der Waals surface area contributed by atoms with Crippen molar-refractivity contribution in [3.63, 3.8) is 0 Å². The van der Waals surface area contributed by atoms with Gasteiger partial charge in [-0.05, 0) is 54.7 Å². The fourth-order valence-corrected chi connectivity index (χ4v) is 4.11. The number of rotatable bonds is 8. The predicted octanol–water partition coefficient (Wildman–Crippen LogP) is 3.60. The number of carbonyl (C=O) groups excluding carboxylic acids is 1. The van der Waals surface area contributed by atoms with E-state index in [1.54, 1.807) is 7.11 Å². The van der Waals surface area contributed by atoms with Crippen molar-refractivity contribution in [2.24, 2.45) is 11.5 Å². The van der Waals surface area contributed by atoms with E-state index in [1.807, 2.05) is 42.5 Å². The van der Waals surface area contributed by atoms with Gasteiger partial charge >= 0.3 is 0 Å². The number of hydrogen-bond acceptors (Lipinski definition) is 7. The zero-order chi connectivity index (χ0) is 23.2. The van der Waals surface area contributed by atoms with Crippen LogP contribution in [0.5, 0.6) is 5.75 Å². The molecule has 1 amide bonds. The first-order chi connectivity index (χ1) is 16.0. The highest BCUT2D eigenvalue weighted by molar-refractivity contribution is 5.98. The molecule has 1 aromatic heterocycles. The smallest absolute Gasteiger partial charge is 0.254 e. The fraction of sp³-hybridized carbons (Fsp3) is 0.320. The molecule has 1 saturated carbocycles. The van der Waals surface area contributed by atoms with Gasteiger partial charge in [0.05, 0.1) is 7.11 Å². The molecule has 2 unspecified atom stereocenters. The van der Waals surface area contributed by atoms with Gasteiger partial charge < -0.3 is 26.8 Å². The Morgan fingerprint density at radius 1 is 1.12 bits per heavy atom. The Balaban J connectivity index is 1.53. The molecule has 1 aliphatic carbocycles. The molecular formula is C25H30N6O2. The molecule has 0 saturated heterocycles. The molecule has 1 aliphatic rings. The zero-order valence-electron chi connectivity index (χ0n) is 18.8. The molecule has 8 nitrogen and oxygen atoms in total. The maximum Gasteiger partial charge on any atom is 0.254 e. The van der Waals surface area contributed by atoms with Crippen LogP contribution in [0.4, 0.5) is 17.5 Å². The van der Waals surface area contributed by atoms with E-state index < -0.39 is 5.91 Å². The molecule has 2 aromatic carbocycles. The average molecular weight is 447 g/mol. The van der Waals surface area contributed by atoms with Gasteiger partial charge in [0.1, 0.15) is 17.1 Å². The van der Waals surface area contributed by atoms with Crippen molar-refractivity contribution in [2.45, 2.75) is 44.2 Å². The summed E-state index contributed by atoms with van der Waals surface area (Å²) in [6.07, 6.45) is 6.42. The van der Waals surface area contributed by atoms with Crippen molar-refractivity contribution in [3.05, 3.63) is 71.4 Å². The Labute approximate surface area is 193 Å². The van der Waals surface area contributed by atoms with Crippen molar-refractivity contribution in [1.82, 2.24) is 9.97 Å². The van der Waals surface area contributed by atoms with E-state index >= 15 is 0 Å². The van der Waals surface area contributed by atoms with Crippen LogP contribution in [-0.4, -0.2) is 35.1 Å². The molecular weight excluding hydrogens is 416 g/mol. The minimum absolute atomic E-state index is 0.0595. The first-order valence-corrected chi connectivity index (χ1v) is 11.2. The Morgan fingerprint density at radius 2 is 1.91 bits per heavy atom. The lowest BCUT2D eigenvalue weighted by Crippen LogP contribution is -2.43. The molecule has 172 valence electrons. The Hall–Kier alpha value is -3.65. The molecule has 6 N–H and O–H groups in total. The van der Waals surface area contributed by atoms with Crippen LogP contribution in [0.1, 0.15) is 47.2 Å². The summed E-state index contributed by atoms with van der Waals surface area (Å²) in [7, 11) is 1.65. The molecule has 4 rings (SSSR count). The van der Waals surface area contributed by atoms with Crippen molar-refractivity contribution < 1.29 is 9.53 Å². The van der Waals surface area contributed by atoms with Crippen LogP contribution < -0.4 is 26.8 Å². The third-order valence-corrected chi connectivity index (χ3v) is 5.95. The molecule has 0 bridgehead atoms. The maximum absolute atomic E-state index is 12.0. The molecule has 1 fully saturated rings. The first-order valence-electron chi connectivity index (χ1n) is 11.2. The topological polar surface area (TPSA) is 128 Å². The minimum atomic E-state index is -0.590. The van der Waals surface area contributed by atoms with Gasteiger partial charge in [-0.25, -0.2) is 4.98 Å². The van der Waals surface area contributed by atoms with E-state index in [0.29, 0.717) is 11.8 Å². The monoisotopic (exact) mass is 446 g/mol. The van der Waals surface area contributed by atoms with Gasteiger partial charge in [-0.15, -0.1) is 0 Å². The Bertz CT molecular complexity index is 1100. The molecule has 3 aromatic rings. The number of hydrogen-bond donors (Lipinski definition) is 4. The van der Waals surface area contributed by atoms with Gasteiger partial charge in [-0.3, -0.25) is 4.79 Å². The molecule has 2 atom stereocenters. The van der Waals surface area contributed by atoms with E-state index in [9.17, 15) is 4.79 Å². The van der Waals surface area contributed by atoms with E-state index in [-0.39, 0.29) is 17.6 Å².